The molecule has 82 valence electrons. The van der Waals surface area contributed by atoms with E-state index >= 15 is 0 Å². The molecule has 0 atom stereocenters. The molecule has 0 aliphatic carbocycles. The molecule has 0 spiro atoms. The van der Waals surface area contributed by atoms with Crippen LogP contribution in [0.15, 0.2) is 36.7 Å². The Hall–Kier alpha value is -1.24. The highest BCUT2D eigenvalue weighted by atomic mass is 14.9. The van der Waals surface area contributed by atoms with Crippen LogP contribution in [0.4, 0.5) is 0 Å². The van der Waals surface area contributed by atoms with Crippen molar-refractivity contribution in [2.45, 2.75) is 40.0 Å². The van der Waals surface area contributed by atoms with Gasteiger partial charge in [-0.3, -0.25) is 0 Å². The summed E-state index contributed by atoms with van der Waals surface area (Å²) in [4.78, 5) is 0. The lowest BCUT2D eigenvalue weighted by Gasteiger charge is -2.17. The largest absolute Gasteiger partial charge is 0.324 e. The molecule has 0 amide bonds. The summed E-state index contributed by atoms with van der Waals surface area (Å²) >= 11 is 0. The van der Waals surface area contributed by atoms with Gasteiger partial charge in [-0.15, -0.1) is 0 Å². The predicted octanol–water partition coefficient (Wildman–Crippen LogP) is 4.26. The Morgan fingerprint density at radius 3 is 2.20 bits per heavy atom. The van der Waals surface area contributed by atoms with Crippen LogP contribution in [0, 0.1) is 0 Å². The van der Waals surface area contributed by atoms with Gasteiger partial charge >= 0.3 is 0 Å². The van der Waals surface area contributed by atoms with E-state index in [2.05, 4.69) is 61.8 Å². The van der Waals surface area contributed by atoms with Gasteiger partial charge in [-0.25, -0.2) is 0 Å². The number of hydrogen-bond donors (Lipinski definition) is 0. The molecule has 0 saturated heterocycles. The highest BCUT2D eigenvalue weighted by molar-refractivity contribution is 5.58. The van der Waals surface area contributed by atoms with Gasteiger partial charge in [0, 0.05) is 17.9 Å². The summed E-state index contributed by atoms with van der Waals surface area (Å²) in [5.74, 6) is 0. The Morgan fingerprint density at radius 1 is 0.933 bits per heavy atom. The standard InChI is InChI=1S/C12H15N.C2H6/c1-12(2,3)10-7-9-13-8-5-4-6-11(10)13;1-2/h4-9H,1-3H3;1-2H3. The summed E-state index contributed by atoms with van der Waals surface area (Å²) in [5, 5.41) is 0. The van der Waals surface area contributed by atoms with Crippen LogP contribution in [0.1, 0.15) is 40.2 Å². The van der Waals surface area contributed by atoms with Crippen molar-refractivity contribution in [3.8, 4) is 0 Å². The summed E-state index contributed by atoms with van der Waals surface area (Å²) in [7, 11) is 0. The number of nitrogens with zero attached hydrogens (tertiary/aromatic N) is 1. The first-order chi connectivity index (χ1) is 7.09. The highest BCUT2D eigenvalue weighted by Gasteiger charge is 2.16. The van der Waals surface area contributed by atoms with Gasteiger partial charge in [0.05, 0.1) is 0 Å². The lowest BCUT2D eigenvalue weighted by Crippen LogP contribution is -2.10. The van der Waals surface area contributed by atoms with Gasteiger partial charge in [0.25, 0.3) is 0 Å². The molecule has 0 radical (unpaired) electrons. The van der Waals surface area contributed by atoms with Crippen LogP contribution in [0.2, 0.25) is 0 Å². The maximum atomic E-state index is 2.25. The van der Waals surface area contributed by atoms with Gasteiger partial charge in [0.15, 0.2) is 0 Å². The van der Waals surface area contributed by atoms with Crippen molar-refractivity contribution < 1.29 is 0 Å². The average Bonchev–Trinajstić information content (AvgIpc) is 2.63. The van der Waals surface area contributed by atoms with Crippen molar-refractivity contribution in [3.63, 3.8) is 0 Å². The highest BCUT2D eigenvalue weighted by Crippen LogP contribution is 2.26. The fraction of sp³-hybridized carbons (Fsp3) is 0.429. The Balaban J connectivity index is 0.000000531. The van der Waals surface area contributed by atoms with Gasteiger partial charge in [-0.05, 0) is 29.2 Å². The average molecular weight is 203 g/mol. The van der Waals surface area contributed by atoms with Crippen LogP contribution >= 0.6 is 0 Å². The quantitative estimate of drug-likeness (QED) is 0.602. The van der Waals surface area contributed by atoms with E-state index in [4.69, 9.17) is 0 Å². The minimum absolute atomic E-state index is 0.232. The van der Waals surface area contributed by atoms with E-state index in [9.17, 15) is 0 Å². The first-order valence-electron chi connectivity index (χ1n) is 5.65. The SMILES string of the molecule is CC.CC(C)(C)c1ccn2ccccc12. The van der Waals surface area contributed by atoms with E-state index in [1.165, 1.54) is 11.1 Å². The smallest absolute Gasteiger partial charge is 0.0487 e. The maximum Gasteiger partial charge on any atom is 0.0487 e. The van der Waals surface area contributed by atoms with Gasteiger partial charge < -0.3 is 4.40 Å². The van der Waals surface area contributed by atoms with E-state index in [0.717, 1.165) is 0 Å². The van der Waals surface area contributed by atoms with E-state index in [1.54, 1.807) is 0 Å². The molecule has 2 rings (SSSR count). The van der Waals surface area contributed by atoms with Crippen molar-refractivity contribution in [1.29, 1.82) is 0 Å². The third kappa shape index (κ3) is 2.41. The Kier molecular flexibility index (Phi) is 3.57. The molecule has 0 aliphatic heterocycles. The molecule has 0 N–H and O–H groups in total. The van der Waals surface area contributed by atoms with Crippen LogP contribution < -0.4 is 0 Å². The summed E-state index contributed by atoms with van der Waals surface area (Å²) in [6.07, 6.45) is 4.21. The molecule has 0 saturated carbocycles. The lowest BCUT2D eigenvalue weighted by molar-refractivity contribution is 0.596. The zero-order valence-corrected chi connectivity index (χ0v) is 10.4. The van der Waals surface area contributed by atoms with Crippen LogP contribution in [0.25, 0.3) is 5.52 Å². The van der Waals surface area contributed by atoms with E-state index in [0.29, 0.717) is 0 Å². The first kappa shape index (κ1) is 11.8. The van der Waals surface area contributed by atoms with Gasteiger partial charge in [-0.1, -0.05) is 40.7 Å². The second-order valence-electron chi connectivity index (χ2n) is 4.47. The van der Waals surface area contributed by atoms with Gasteiger partial charge in [-0.2, -0.15) is 0 Å². The molecule has 1 nitrogen and oxygen atoms in total. The minimum Gasteiger partial charge on any atom is -0.324 e. The molecular formula is C14H21N. The summed E-state index contributed by atoms with van der Waals surface area (Å²) in [6.45, 7) is 10.7. The fourth-order valence-electron chi connectivity index (χ4n) is 1.69. The summed E-state index contributed by atoms with van der Waals surface area (Å²) < 4.78 is 2.17. The van der Waals surface area contributed by atoms with Crippen LogP contribution in [0.3, 0.4) is 0 Å². The number of hydrogen-bond acceptors (Lipinski definition) is 0. The molecule has 1 heteroatoms. The van der Waals surface area contributed by atoms with Crippen molar-refractivity contribution >= 4 is 5.52 Å². The molecule has 0 bridgehead atoms. The van der Waals surface area contributed by atoms with Crippen molar-refractivity contribution in [1.82, 2.24) is 4.40 Å². The van der Waals surface area contributed by atoms with Crippen molar-refractivity contribution in [2.75, 3.05) is 0 Å². The fourth-order valence-corrected chi connectivity index (χ4v) is 1.69. The van der Waals surface area contributed by atoms with Crippen LogP contribution in [-0.4, -0.2) is 4.40 Å². The van der Waals surface area contributed by atoms with Crippen molar-refractivity contribution in [2.24, 2.45) is 0 Å². The molecular weight excluding hydrogens is 182 g/mol. The van der Waals surface area contributed by atoms with E-state index in [-0.39, 0.29) is 5.41 Å². The maximum absolute atomic E-state index is 2.25. The minimum atomic E-state index is 0.232. The predicted molar refractivity (Wildman–Crippen MR) is 67.4 cm³/mol. The summed E-state index contributed by atoms with van der Waals surface area (Å²) in [5.41, 5.74) is 2.96. The number of fused-ring (bicyclic) bond motifs is 1. The lowest BCUT2D eigenvalue weighted by atomic mass is 9.88. The monoisotopic (exact) mass is 203 g/mol. The van der Waals surface area contributed by atoms with Crippen molar-refractivity contribution in [3.05, 3.63) is 42.2 Å². The van der Waals surface area contributed by atoms with Crippen LogP contribution in [0.5, 0.6) is 0 Å². The van der Waals surface area contributed by atoms with E-state index < -0.39 is 0 Å². The zero-order chi connectivity index (χ0) is 11.5. The molecule has 0 fully saturated rings. The second kappa shape index (κ2) is 4.52. The first-order valence-corrected chi connectivity index (χ1v) is 5.65. The third-order valence-electron chi connectivity index (χ3n) is 2.38. The zero-order valence-electron chi connectivity index (χ0n) is 10.4. The topological polar surface area (TPSA) is 4.41 Å². The molecule has 2 heterocycles. The summed E-state index contributed by atoms with van der Waals surface area (Å²) in [6, 6.07) is 8.51. The molecule has 0 aromatic carbocycles. The second-order valence-corrected chi connectivity index (χ2v) is 4.47. The number of pyridine rings is 1. The molecule has 0 unspecified atom stereocenters. The molecule has 2 aromatic heterocycles. The molecule has 2 aromatic rings. The molecule has 0 aliphatic rings. The number of aromatic nitrogens is 1. The third-order valence-corrected chi connectivity index (χ3v) is 2.38. The molecule has 15 heavy (non-hydrogen) atoms. The van der Waals surface area contributed by atoms with Gasteiger partial charge in [0.2, 0.25) is 0 Å². The van der Waals surface area contributed by atoms with Gasteiger partial charge in [0.1, 0.15) is 0 Å². The van der Waals surface area contributed by atoms with Crippen LogP contribution in [-0.2, 0) is 5.41 Å². The number of rotatable bonds is 0. The Labute approximate surface area is 92.7 Å². The Morgan fingerprint density at radius 2 is 1.60 bits per heavy atom. The normalized spacial score (nSPS) is 11.0. The van der Waals surface area contributed by atoms with E-state index in [1.807, 2.05) is 13.8 Å². The Bertz CT molecular complexity index is 418.